The lowest BCUT2D eigenvalue weighted by molar-refractivity contribution is -0.144. The molecular weight excluding hydrogens is 496 g/mol. The van der Waals surface area contributed by atoms with Crippen LogP contribution in [0.5, 0.6) is 0 Å². The minimum absolute atomic E-state index is 0.0579. The van der Waals surface area contributed by atoms with Crippen LogP contribution in [0.2, 0.25) is 0 Å². The smallest absolute Gasteiger partial charge is 0.248 e. The zero-order chi connectivity index (χ0) is 27.1. The third-order valence-corrected chi connectivity index (χ3v) is 8.15. The fourth-order valence-corrected chi connectivity index (χ4v) is 5.18. The zero-order valence-corrected chi connectivity index (χ0v) is 22.8. The summed E-state index contributed by atoms with van der Waals surface area (Å²) in [4.78, 5) is 28.5. The van der Waals surface area contributed by atoms with Gasteiger partial charge < -0.3 is 15.3 Å². The van der Waals surface area contributed by atoms with E-state index in [0.717, 1.165) is 29.1 Å². The molecular formula is C25H36N6O5S. The molecule has 1 aromatic carbocycles. The first-order valence-corrected chi connectivity index (χ1v) is 14.3. The molecule has 1 saturated heterocycles. The number of nitrogens with zero attached hydrogens (tertiary/aromatic N) is 5. The fraction of sp³-hybridized carbons (Fsp3) is 0.600. The van der Waals surface area contributed by atoms with Crippen molar-refractivity contribution in [3.05, 3.63) is 41.7 Å². The van der Waals surface area contributed by atoms with Crippen LogP contribution in [-0.4, -0.2) is 77.2 Å². The van der Waals surface area contributed by atoms with Crippen LogP contribution in [0, 0.1) is 5.41 Å². The van der Waals surface area contributed by atoms with E-state index in [4.69, 9.17) is 0 Å². The number of hydrogen-bond donors (Lipinski definition) is 2. The van der Waals surface area contributed by atoms with Crippen LogP contribution in [0.15, 0.2) is 30.5 Å². The van der Waals surface area contributed by atoms with Crippen molar-refractivity contribution in [2.45, 2.75) is 70.7 Å². The van der Waals surface area contributed by atoms with Gasteiger partial charge in [-0.2, -0.15) is 0 Å². The third-order valence-electron chi connectivity index (χ3n) is 6.95. The molecule has 2 heterocycles. The molecule has 1 aliphatic carbocycles. The summed E-state index contributed by atoms with van der Waals surface area (Å²) in [5.74, 6) is -0.266. The highest BCUT2D eigenvalue weighted by Crippen LogP contribution is 2.40. The van der Waals surface area contributed by atoms with Gasteiger partial charge in [0.25, 0.3) is 0 Å². The molecule has 0 bridgehead atoms. The first kappa shape index (κ1) is 27.1. The molecule has 37 heavy (non-hydrogen) atoms. The van der Waals surface area contributed by atoms with E-state index in [2.05, 4.69) is 15.6 Å². The van der Waals surface area contributed by atoms with Crippen LogP contribution < -0.4 is 9.62 Å². The molecule has 2 aliphatic rings. The van der Waals surface area contributed by atoms with Gasteiger partial charge in [-0.1, -0.05) is 38.1 Å². The number of anilines is 1. The number of benzene rings is 1. The van der Waals surface area contributed by atoms with Crippen molar-refractivity contribution in [1.29, 1.82) is 0 Å². The van der Waals surface area contributed by atoms with E-state index in [1.807, 2.05) is 27.0 Å². The largest absolute Gasteiger partial charge is 0.391 e. The lowest BCUT2D eigenvalue weighted by Gasteiger charge is -2.34. The topological polar surface area (TPSA) is 138 Å². The van der Waals surface area contributed by atoms with E-state index in [-0.39, 0.29) is 31.3 Å². The van der Waals surface area contributed by atoms with Crippen LogP contribution in [0.1, 0.15) is 63.3 Å². The maximum atomic E-state index is 13.8. The van der Waals surface area contributed by atoms with Gasteiger partial charge in [0.2, 0.25) is 21.8 Å². The summed E-state index contributed by atoms with van der Waals surface area (Å²) in [6, 6.07) is 5.34. The van der Waals surface area contributed by atoms with Crippen LogP contribution in [-0.2, 0) is 26.2 Å². The lowest BCUT2D eigenvalue weighted by atomic mass is 9.85. The first-order valence-electron chi connectivity index (χ1n) is 12.5. The number of carbonyl (C=O) groups is 2. The highest BCUT2D eigenvalue weighted by Gasteiger charge is 2.45. The molecule has 2 amide bonds. The number of aliphatic hydroxyl groups is 1. The van der Waals surface area contributed by atoms with Crippen molar-refractivity contribution in [2.75, 3.05) is 24.2 Å². The van der Waals surface area contributed by atoms with Gasteiger partial charge >= 0.3 is 0 Å². The Morgan fingerprint density at radius 1 is 1.27 bits per heavy atom. The molecule has 4 rings (SSSR count). The highest BCUT2D eigenvalue weighted by atomic mass is 32.2. The number of β-amino-alcohol motifs (C(OH)–C–C–N with tert-alkyl or cyclic N) is 1. The molecule has 11 nitrogen and oxygen atoms in total. The van der Waals surface area contributed by atoms with Crippen molar-refractivity contribution in [2.24, 2.45) is 5.41 Å². The molecule has 1 aromatic heterocycles. The Kier molecular flexibility index (Phi) is 7.35. The predicted octanol–water partition coefficient (Wildman–Crippen LogP) is 1.42. The summed E-state index contributed by atoms with van der Waals surface area (Å²) in [6.45, 7) is 6.03. The Morgan fingerprint density at radius 3 is 2.59 bits per heavy atom. The maximum absolute atomic E-state index is 13.8. The lowest BCUT2D eigenvalue weighted by Crippen LogP contribution is -2.50. The average Bonchev–Trinajstić information content (AvgIpc) is 3.42. The Bertz CT molecular complexity index is 1270. The minimum Gasteiger partial charge on any atom is -0.391 e. The highest BCUT2D eigenvalue weighted by molar-refractivity contribution is 7.92. The quantitative estimate of drug-likeness (QED) is 0.524. The number of sulfonamides is 1. The SMILES string of the molecule is CN(c1cccc(CNC(=O)C2CC(O)CN2C(=O)[C@@H](n2cc(C3CC3)nn2)C(C)(C)C)c1)S(C)(=O)=O. The summed E-state index contributed by atoms with van der Waals surface area (Å²) in [5, 5.41) is 21.8. The Labute approximate surface area is 217 Å². The first-order chi connectivity index (χ1) is 17.3. The normalized spacial score (nSPS) is 21.1. The number of rotatable bonds is 8. The molecule has 2 unspecified atom stereocenters. The van der Waals surface area contributed by atoms with Crippen LogP contribution in [0.3, 0.4) is 0 Å². The number of carbonyl (C=O) groups excluding carboxylic acids is 2. The summed E-state index contributed by atoms with van der Waals surface area (Å²) >= 11 is 0. The number of aliphatic hydroxyl groups excluding tert-OH is 1. The molecule has 2 aromatic rings. The Morgan fingerprint density at radius 2 is 1.97 bits per heavy atom. The van der Waals surface area contributed by atoms with Gasteiger partial charge in [0.15, 0.2) is 0 Å². The molecule has 1 aliphatic heterocycles. The van der Waals surface area contributed by atoms with Gasteiger partial charge in [-0.25, -0.2) is 13.1 Å². The van der Waals surface area contributed by atoms with Crippen molar-refractivity contribution in [3.63, 3.8) is 0 Å². The van der Waals surface area contributed by atoms with E-state index < -0.39 is 33.6 Å². The van der Waals surface area contributed by atoms with Crippen molar-refractivity contribution >= 4 is 27.5 Å². The molecule has 12 heteroatoms. The predicted molar refractivity (Wildman–Crippen MR) is 138 cm³/mol. The number of aromatic nitrogens is 3. The minimum atomic E-state index is -3.42. The van der Waals surface area contributed by atoms with Crippen LogP contribution >= 0.6 is 0 Å². The average molecular weight is 533 g/mol. The summed E-state index contributed by atoms with van der Waals surface area (Å²) < 4.78 is 26.5. The second-order valence-corrected chi connectivity index (χ2v) is 13.2. The number of likely N-dealkylation sites (tertiary alicyclic amines) is 1. The fourth-order valence-electron chi connectivity index (χ4n) is 4.69. The van der Waals surface area contributed by atoms with Gasteiger partial charge in [-0.05, 0) is 36.0 Å². The molecule has 202 valence electrons. The van der Waals surface area contributed by atoms with E-state index in [1.165, 1.54) is 11.9 Å². The summed E-state index contributed by atoms with van der Waals surface area (Å²) in [6.07, 6.45) is 4.41. The van der Waals surface area contributed by atoms with Crippen LogP contribution in [0.25, 0.3) is 0 Å². The number of hydrogen-bond acceptors (Lipinski definition) is 7. The van der Waals surface area contributed by atoms with E-state index in [0.29, 0.717) is 17.2 Å². The molecule has 2 fully saturated rings. The molecule has 0 spiro atoms. The third kappa shape index (κ3) is 6.12. The van der Waals surface area contributed by atoms with E-state index in [1.54, 1.807) is 28.9 Å². The standard InChI is InChI=1S/C25H36N6O5S/c1-25(2,3)22(31-15-20(27-28-31)17-9-10-17)24(34)30-14-19(32)12-21(30)23(33)26-13-16-7-6-8-18(11-16)29(4)37(5,35)36/h6-8,11,15,17,19,21-22,32H,9-10,12-14H2,1-5H3,(H,26,33)/t19?,21?,22-/m1/s1. The van der Waals surface area contributed by atoms with Crippen LogP contribution in [0.4, 0.5) is 5.69 Å². The second kappa shape index (κ2) is 10.1. The zero-order valence-electron chi connectivity index (χ0n) is 22.0. The summed E-state index contributed by atoms with van der Waals surface area (Å²) in [5.41, 5.74) is 1.56. The van der Waals surface area contributed by atoms with Crippen molar-refractivity contribution in [3.8, 4) is 0 Å². The van der Waals surface area contributed by atoms with E-state index >= 15 is 0 Å². The van der Waals surface area contributed by atoms with E-state index in [9.17, 15) is 23.1 Å². The molecule has 1 saturated carbocycles. The van der Waals surface area contributed by atoms with Crippen molar-refractivity contribution < 1.29 is 23.1 Å². The molecule has 2 N–H and O–H groups in total. The van der Waals surface area contributed by atoms with Gasteiger partial charge in [-0.3, -0.25) is 13.9 Å². The van der Waals surface area contributed by atoms with Gasteiger partial charge in [0.1, 0.15) is 12.1 Å². The van der Waals surface area contributed by atoms with Crippen molar-refractivity contribution in [1.82, 2.24) is 25.2 Å². The van der Waals surface area contributed by atoms with Gasteiger partial charge in [0.05, 0.1) is 23.7 Å². The monoisotopic (exact) mass is 532 g/mol. The van der Waals surface area contributed by atoms with Gasteiger partial charge in [0, 0.05) is 38.7 Å². The molecule has 0 radical (unpaired) electrons. The number of nitrogens with one attached hydrogen (secondary N) is 1. The maximum Gasteiger partial charge on any atom is 0.248 e. The second-order valence-electron chi connectivity index (χ2n) is 11.2. The Balaban J connectivity index is 1.49. The molecule has 3 atom stereocenters. The van der Waals surface area contributed by atoms with Gasteiger partial charge in [-0.15, -0.1) is 5.10 Å². The Hall–Kier alpha value is -2.99. The number of amides is 2. The summed E-state index contributed by atoms with van der Waals surface area (Å²) in [7, 11) is -1.96.